The molecule has 24 heavy (non-hydrogen) atoms. The highest BCUT2D eigenvalue weighted by Crippen LogP contribution is 2.28. The summed E-state index contributed by atoms with van der Waals surface area (Å²) in [5.74, 6) is -1.16. The van der Waals surface area contributed by atoms with Gasteiger partial charge in [-0.25, -0.2) is 15.0 Å². The molecule has 0 fully saturated rings. The van der Waals surface area contributed by atoms with Gasteiger partial charge in [0.25, 0.3) is 5.91 Å². The molecule has 11 heteroatoms. The quantitative estimate of drug-likeness (QED) is 0.782. The summed E-state index contributed by atoms with van der Waals surface area (Å²) in [7, 11) is 0. The van der Waals surface area contributed by atoms with Crippen LogP contribution in [0, 0.1) is 0 Å². The molecule has 3 aromatic rings. The zero-order valence-corrected chi connectivity index (χ0v) is 11.8. The number of imidazole rings is 1. The second-order valence-corrected chi connectivity index (χ2v) is 4.49. The number of hydrogen-bond acceptors (Lipinski definition) is 6. The molecule has 0 spiro atoms. The summed E-state index contributed by atoms with van der Waals surface area (Å²) >= 11 is 0. The van der Waals surface area contributed by atoms with E-state index in [1.807, 2.05) is 0 Å². The second-order valence-electron chi connectivity index (χ2n) is 4.49. The molecule has 1 amide bonds. The van der Waals surface area contributed by atoms with Gasteiger partial charge in [0.05, 0.1) is 18.1 Å². The lowest BCUT2D eigenvalue weighted by atomic mass is 10.3. The number of alkyl halides is 3. The zero-order chi connectivity index (χ0) is 17.2. The number of nitrogens with one attached hydrogen (secondary N) is 1. The molecule has 0 unspecified atom stereocenters. The Morgan fingerprint density at radius 2 is 2.00 bits per heavy atom. The predicted molar refractivity (Wildman–Crippen MR) is 74.1 cm³/mol. The molecule has 0 saturated heterocycles. The van der Waals surface area contributed by atoms with Crippen LogP contribution in [0.3, 0.4) is 0 Å². The first kappa shape index (κ1) is 15.5. The van der Waals surface area contributed by atoms with Crippen molar-refractivity contribution in [1.82, 2.24) is 29.7 Å². The topological polar surface area (TPSA) is 98.5 Å². The summed E-state index contributed by atoms with van der Waals surface area (Å²) in [5.41, 5.74) is -1.41. The van der Waals surface area contributed by atoms with Crippen molar-refractivity contribution in [3.63, 3.8) is 0 Å². The third kappa shape index (κ3) is 3.34. The van der Waals surface area contributed by atoms with Crippen LogP contribution in [0.2, 0.25) is 0 Å². The van der Waals surface area contributed by atoms with Gasteiger partial charge in [-0.1, -0.05) is 0 Å². The first-order valence-corrected chi connectivity index (χ1v) is 6.46. The number of carbonyl (C=O) groups excluding carboxylic acids is 1. The SMILES string of the molecule is O=C(Nc1ccnnc1)c1cc(C(F)(F)F)nc(-n2ccnc2)n1. The molecule has 1 N–H and O–H groups in total. The van der Waals surface area contributed by atoms with Gasteiger partial charge in [-0.2, -0.15) is 23.4 Å². The Morgan fingerprint density at radius 3 is 2.62 bits per heavy atom. The van der Waals surface area contributed by atoms with Crippen LogP contribution in [0.25, 0.3) is 5.95 Å². The summed E-state index contributed by atoms with van der Waals surface area (Å²) < 4.78 is 40.2. The smallest absolute Gasteiger partial charge is 0.319 e. The number of hydrogen-bond donors (Lipinski definition) is 1. The number of nitrogens with zero attached hydrogens (tertiary/aromatic N) is 6. The number of amides is 1. The number of rotatable bonds is 3. The van der Waals surface area contributed by atoms with Gasteiger partial charge in [0.2, 0.25) is 5.95 Å². The molecule has 0 saturated carbocycles. The Kier molecular flexibility index (Phi) is 3.90. The Bertz CT molecular complexity index is 850. The highest BCUT2D eigenvalue weighted by molar-refractivity contribution is 6.02. The lowest BCUT2D eigenvalue weighted by molar-refractivity contribution is -0.141. The summed E-state index contributed by atoms with van der Waals surface area (Å²) in [4.78, 5) is 23.2. The average molecular weight is 335 g/mol. The van der Waals surface area contributed by atoms with Gasteiger partial charge >= 0.3 is 6.18 Å². The monoisotopic (exact) mass is 335 g/mol. The average Bonchev–Trinajstić information content (AvgIpc) is 3.09. The maximum Gasteiger partial charge on any atom is 0.433 e. The predicted octanol–water partition coefficient (Wildman–Crippen LogP) is 1.72. The minimum Gasteiger partial charge on any atom is -0.319 e. The fraction of sp³-hybridized carbons (Fsp3) is 0.0769. The van der Waals surface area contributed by atoms with Gasteiger partial charge in [-0.05, 0) is 6.07 Å². The molecular weight excluding hydrogens is 327 g/mol. The summed E-state index contributed by atoms with van der Waals surface area (Å²) in [6.07, 6.45) is 1.79. The van der Waals surface area contributed by atoms with Crippen LogP contribution in [0.1, 0.15) is 16.2 Å². The molecule has 122 valence electrons. The Morgan fingerprint density at radius 1 is 1.17 bits per heavy atom. The van der Waals surface area contributed by atoms with Gasteiger partial charge in [0.1, 0.15) is 12.0 Å². The van der Waals surface area contributed by atoms with Crippen molar-refractivity contribution in [2.24, 2.45) is 0 Å². The minimum absolute atomic E-state index is 0.270. The van der Waals surface area contributed by atoms with Crippen LogP contribution in [-0.2, 0) is 6.18 Å². The number of carbonyl (C=O) groups is 1. The molecule has 0 radical (unpaired) electrons. The summed E-state index contributed by atoms with van der Waals surface area (Å²) in [6.45, 7) is 0. The fourth-order valence-corrected chi connectivity index (χ4v) is 1.75. The molecule has 0 bridgehead atoms. The van der Waals surface area contributed by atoms with Crippen LogP contribution in [0.4, 0.5) is 18.9 Å². The number of halogens is 3. The van der Waals surface area contributed by atoms with Crippen molar-refractivity contribution in [2.45, 2.75) is 6.18 Å². The van der Waals surface area contributed by atoms with Gasteiger partial charge in [0, 0.05) is 18.5 Å². The summed E-state index contributed by atoms with van der Waals surface area (Å²) in [6, 6.07) is 2.01. The summed E-state index contributed by atoms with van der Waals surface area (Å²) in [5, 5.41) is 9.48. The lowest BCUT2D eigenvalue weighted by Gasteiger charge is -2.10. The lowest BCUT2D eigenvalue weighted by Crippen LogP contribution is -2.19. The van der Waals surface area contributed by atoms with Crippen molar-refractivity contribution in [3.05, 3.63) is 54.6 Å². The molecule has 3 aromatic heterocycles. The van der Waals surface area contributed by atoms with Gasteiger partial charge < -0.3 is 5.32 Å². The Labute approximate surface area is 132 Å². The van der Waals surface area contributed by atoms with E-state index in [0.29, 0.717) is 6.07 Å². The van der Waals surface area contributed by atoms with Gasteiger partial charge in [-0.15, -0.1) is 0 Å². The fourth-order valence-electron chi connectivity index (χ4n) is 1.75. The molecule has 3 heterocycles. The highest BCUT2D eigenvalue weighted by atomic mass is 19.4. The van der Waals surface area contributed by atoms with Gasteiger partial charge in [-0.3, -0.25) is 9.36 Å². The third-order valence-corrected chi connectivity index (χ3v) is 2.81. The number of anilines is 1. The molecule has 0 aliphatic carbocycles. The normalized spacial score (nSPS) is 11.3. The molecule has 3 rings (SSSR count). The minimum atomic E-state index is -4.73. The third-order valence-electron chi connectivity index (χ3n) is 2.81. The molecule has 8 nitrogen and oxygen atoms in total. The van der Waals surface area contributed by atoms with Crippen LogP contribution in [0.5, 0.6) is 0 Å². The molecular formula is C13H8F3N7O. The van der Waals surface area contributed by atoms with Crippen LogP contribution in [-0.4, -0.2) is 35.6 Å². The largest absolute Gasteiger partial charge is 0.433 e. The standard InChI is InChI=1S/C13H8F3N7O/c14-13(15,16)10-5-9(11(24)20-8-1-2-18-19-6-8)21-12(22-10)23-4-3-17-7-23/h1-7H,(H,18,20,24). The van der Waals surface area contributed by atoms with Crippen LogP contribution < -0.4 is 5.32 Å². The van der Waals surface area contributed by atoms with E-state index >= 15 is 0 Å². The zero-order valence-electron chi connectivity index (χ0n) is 11.8. The molecule has 0 aromatic carbocycles. The van der Waals surface area contributed by atoms with E-state index < -0.39 is 23.5 Å². The van der Waals surface area contributed by atoms with E-state index in [0.717, 1.165) is 0 Å². The van der Waals surface area contributed by atoms with E-state index in [1.54, 1.807) is 0 Å². The van der Waals surface area contributed by atoms with E-state index in [9.17, 15) is 18.0 Å². The van der Waals surface area contributed by atoms with Crippen molar-refractivity contribution in [1.29, 1.82) is 0 Å². The van der Waals surface area contributed by atoms with E-state index in [4.69, 9.17) is 0 Å². The van der Waals surface area contributed by atoms with Crippen LogP contribution in [0.15, 0.2) is 43.2 Å². The van der Waals surface area contributed by atoms with E-state index in [2.05, 4.69) is 30.5 Å². The first-order valence-electron chi connectivity index (χ1n) is 6.46. The first-order chi connectivity index (χ1) is 11.4. The highest BCUT2D eigenvalue weighted by Gasteiger charge is 2.34. The molecule has 0 aliphatic heterocycles. The Hall–Kier alpha value is -3.37. The van der Waals surface area contributed by atoms with Crippen molar-refractivity contribution in [3.8, 4) is 5.95 Å². The van der Waals surface area contributed by atoms with E-state index in [1.165, 1.54) is 41.7 Å². The molecule has 0 aliphatic rings. The Balaban J connectivity index is 2.00. The maximum absolute atomic E-state index is 13.0. The maximum atomic E-state index is 13.0. The van der Waals surface area contributed by atoms with Gasteiger partial charge in [0.15, 0.2) is 5.69 Å². The van der Waals surface area contributed by atoms with Crippen molar-refractivity contribution in [2.75, 3.05) is 5.32 Å². The van der Waals surface area contributed by atoms with Crippen LogP contribution >= 0.6 is 0 Å². The number of aromatic nitrogens is 6. The second kappa shape index (κ2) is 6.02. The molecule has 0 atom stereocenters. The van der Waals surface area contributed by atoms with Crippen molar-refractivity contribution < 1.29 is 18.0 Å². The van der Waals surface area contributed by atoms with Crippen molar-refractivity contribution >= 4 is 11.6 Å². The van der Waals surface area contributed by atoms with E-state index in [-0.39, 0.29) is 11.6 Å².